The molecule has 154 valence electrons. The summed E-state index contributed by atoms with van der Waals surface area (Å²) in [5, 5.41) is 4.93. The average molecular weight is 405 g/mol. The van der Waals surface area contributed by atoms with Crippen molar-refractivity contribution in [3.63, 3.8) is 0 Å². The van der Waals surface area contributed by atoms with Gasteiger partial charge in [0, 0.05) is 22.6 Å². The van der Waals surface area contributed by atoms with E-state index in [0.29, 0.717) is 34.3 Å². The Bertz CT molecular complexity index is 1100. The fourth-order valence-electron chi connectivity index (χ4n) is 3.37. The van der Waals surface area contributed by atoms with Crippen LogP contribution in [0.4, 0.5) is 0 Å². The van der Waals surface area contributed by atoms with Crippen LogP contribution in [0.5, 0.6) is 17.2 Å². The first kappa shape index (κ1) is 19.7. The number of pyridine rings is 1. The van der Waals surface area contributed by atoms with E-state index in [4.69, 9.17) is 19.2 Å². The van der Waals surface area contributed by atoms with Crippen molar-refractivity contribution in [1.29, 1.82) is 0 Å². The number of para-hydroxylation sites is 1. The van der Waals surface area contributed by atoms with Crippen LogP contribution >= 0.6 is 0 Å². The smallest absolute Gasteiger partial charge is 0.272 e. The second kappa shape index (κ2) is 8.41. The Morgan fingerprint density at radius 1 is 1.07 bits per heavy atom. The molecule has 1 aliphatic rings. The fourth-order valence-corrected chi connectivity index (χ4v) is 3.37. The lowest BCUT2D eigenvalue weighted by molar-refractivity contribution is 0.0956. The Balaban J connectivity index is 1.59. The predicted molar refractivity (Wildman–Crippen MR) is 115 cm³/mol. The topological polar surface area (TPSA) is 82.0 Å². The van der Waals surface area contributed by atoms with Crippen LogP contribution in [0.2, 0.25) is 0 Å². The summed E-state index contributed by atoms with van der Waals surface area (Å²) >= 11 is 0. The van der Waals surface area contributed by atoms with Gasteiger partial charge in [-0.1, -0.05) is 18.2 Å². The molecule has 0 saturated heterocycles. The summed E-state index contributed by atoms with van der Waals surface area (Å²) in [5.41, 5.74) is 5.68. The minimum absolute atomic E-state index is 0.279. The maximum atomic E-state index is 12.9. The second-order valence-corrected chi connectivity index (χ2v) is 7.04. The van der Waals surface area contributed by atoms with Crippen LogP contribution in [0, 0.1) is 0 Å². The number of ether oxygens (including phenoxy) is 3. The highest BCUT2D eigenvalue weighted by molar-refractivity contribution is 6.06. The fraction of sp³-hybridized carbons (Fsp3) is 0.261. The van der Waals surface area contributed by atoms with Gasteiger partial charge in [0.15, 0.2) is 11.5 Å². The third-order valence-corrected chi connectivity index (χ3v) is 5.04. The molecule has 1 fully saturated rings. The van der Waals surface area contributed by atoms with E-state index in [-0.39, 0.29) is 5.91 Å². The van der Waals surface area contributed by atoms with Crippen LogP contribution in [0.1, 0.15) is 40.4 Å². The van der Waals surface area contributed by atoms with E-state index in [0.717, 1.165) is 29.4 Å². The Labute approximate surface area is 174 Å². The van der Waals surface area contributed by atoms with E-state index < -0.39 is 0 Å². The summed E-state index contributed by atoms with van der Waals surface area (Å²) in [4.78, 5) is 17.6. The molecule has 0 radical (unpaired) electrons. The third-order valence-electron chi connectivity index (χ3n) is 5.04. The maximum absolute atomic E-state index is 12.9. The van der Waals surface area contributed by atoms with Crippen molar-refractivity contribution in [2.75, 3.05) is 21.3 Å². The van der Waals surface area contributed by atoms with Gasteiger partial charge in [0.1, 0.15) is 0 Å². The molecule has 0 bridgehead atoms. The molecule has 0 atom stereocenters. The monoisotopic (exact) mass is 405 g/mol. The van der Waals surface area contributed by atoms with Crippen LogP contribution in [0.25, 0.3) is 10.9 Å². The van der Waals surface area contributed by atoms with Crippen LogP contribution in [-0.2, 0) is 0 Å². The predicted octanol–water partition coefficient (Wildman–Crippen LogP) is 3.90. The molecule has 3 aromatic rings. The van der Waals surface area contributed by atoms with Gasteiger partial charge >= 0.3 is 0 Å². The zero-order valence-corrected chi connectivity index (χ0v) is 17.1. The van der Waals surface area contributed by atoms with E-state index in [1.165, 1.54) is 6.21 Å². The minimum atomic E-state index is -0.279. The van der Waals surface area contributed by atoms with Crippen molar-refractivity contribution in [1.82, 2.24) is 10.4 Å². The number of aromatic nitrogens is 1. The minimum Gasteiger partial charge on any atom is -0.493 e. The van der Waals surface area contributed by atoms with E-state index >= 15 is 0 Å². The SMILES string of the molecule is COc1cc(C=NNC(=O)c2cc(C3CC3)nc3ccccc23)cc(OC)c1OC. The maximum Gasteiger partial charge on any atom is 0.272 e. The zero-order valence-electron chi connectivity index (χ0n) is 17.1. The number of carbonyl (C=O) groups is 1. The molecule has 7 nitrogen and oxygen atoms in total. The van der Waals surface area contributed by atoms with Crippen molar-refractivity contribution in [2.45, 2.75) is 18.8 Å². The molecule has 0 spiro atoms. The van der Waals surface area contributed by atoms with E-state index in [1.807, 2.05) is 30.3 Å². The van der Waals surface area contributed by atoms with E-state index in [9.17, 15) is 4.79 Å². The van der Waals surface area contributed by atoms with Crippen molar-refractivity contribution < 1.29 is 19.0 Å². The molecule has 2 aromatic carbocycles. The number of amides is 1. The molecule has 7 heteroatoms. The third kappa shape index (κ3) is 3.91. The summed E-state index contributed by atoms with van der Waals surface area (Å²) in [7, 11) is 4.64. The number of benzene rings is 2. The first-order valence-corrected chi connectivity index (χ1v) is 9.67. The lowest BCUT2D eigenvalue weighted by Gasteiger charge is -2.12. The van der Waals surface area contributed by atoms with Gasteiger partial charge in [0.2, 0.25) is 5.75 Å². The largest absolute Gasteiger partial charge is 0.493 e. The first-order valence-electron chi connectivity index (χ1n) is 9.67. The van der Waals surface area contributed by atoms with Gasteiger partial charge in [0.25, 0.3) is 5.91 Å². The summed E-state index contributed by atoms with van der Waals surface area (Å²) in [6, 6.07) is 13.0. The highest BCUT2D eigenvalue weighted by atomic mass is 16.5. The van der Waals surface area contributed by atoms with Gasteiger partial charge < -0.3 is 14.2 Å². The van der Waals surface area contributed by atoms with E-state index in [2.05, 4.69) is 10.5 Å². The van der Waals surface area contributed by atoms with Crippen molar-refractivity contribution >= 4 is 23.0 Å². The number of hydrazone groups is 1. The molecular weight excluding hydrogens is 382 g/mol. The number of hydrogen-bond acceptors (Lipinski definition) is 6. The highest BCUT2D eigenvalue weighted by Crippen LogP contribution is 2.40. The summed E-state index contributed by atoms with van der Waals surface area (Å²) in [6.07, 6.45) is 3.77. The molecule has 1 aliphatic carbocycles. The van der Waals surface area contributed by atoms with Crippen LogP contribution < -0.4 is 19.6 Å². The molecule has 1 amide bonds. The summed E-state index contributed by atoms with van der Waals surface area (Å²) in [6.45, 7) is 0. The van der Waals surface area contributed by atoms with Gasteiger partial charge in [0.05, 0.1) is 38.6 Å². The van der Waals surface area contributed by atoms with Gasteiger partial charge in [-0.2, -0.15) is 5.10 Å². The molecule has 1 heterocycles. The van der Waals surface area contributed by atoms with Gasteiger partial charge in [-0.25, -0.2) is 5.43 Å². The molecule has 1 N–H and O–H groups in total. The Kier molecular flexibility index (Phi) is 5.52. The number of rotatable bonds is 7. The lowest BCUT2D eigenvalue weighted by atomic mass is 10.1. The standard InChI is InChI=1S/C23H23N3O4/c1-28-20-10-14(11-21(29-2)22(20)30-3)13-24-26-23(27)17-12-19(15-8-9-15)25-18-7-5-4-6-16(17)18/h4-7,10-13,15H,8-9H2,1-3H3,(H,26,27). The van der Waals surface area contributed by atoms with Crippen molar-refractivity contribution in [3.8, 4) is 17.2 Å². The van der Waals surface area contributed by atoms with Gasteiger partial charge in [-0.05, 0) is 37.1 Å². The number of fused-ring (bicyclic) bond motifs is 1. The number of hydrogen-bond donors (Lipinski definition) is 1. The van der Waals surface area contributed by atoms with E-state index in [1.54, 1.807) is 33.5 Å². The number of nitrogens with zero attached hydrogens (tertiary/aromatic N) is 2. The number of nitrogens with one attached hydrogen (secondary N) is 1. The summed E-state index contributed by atoms with van der Waals surface area (Å²) in [5.74, 6) is 1.69. The quantitative estimate of drug-likeness (QED) is 0.476. The molecule has 4 rings (SSSR count). The first-order chi connectivity index (χ1) is 14.6. The Morgan fingerprint density at radius 3 is 2.40 bits per heavy atom. The molecule has 0 unspecified atom stereocenters. The van der Waals surface area contributed by atoms with Crippen molar-refractivity contribution in [2.24, 2.45) is 5.10 Å². The molecular formula is C23H23N3O4. The number of carbonyl (C=O) groups excluding carboxylic acids is 1. The Hall–Kier alpha value is -3.61. The molecule has 1 aromatic heterocycles. The second-order valence-electron chi connectivity index (χ2n) is 7.04. The molecule has 0 aliphatic heterocycles. The van der Waals surface area contributed by atoms with Crippen LogP contribution in [-0.4, -0.2) is 38.4 Å². The highest BCUT2D eigenvalue weighted by Gasteiger charge is 2.26. The van der Waals surface area contributed by atoms with Crippen LogP contribution in [0.3, 0.4) is 0 Å². The van der Waals surface area contributed by atoms with Crippen LogP contribution in [0.15, 0.2) is 47.6 Å². The lowest BCUT2D eigenvalue weighted by Crippen LogP contribution is -2.18. The zero-order chi connectivity index (χ0) is 21.1. The number of methoxy groups -OCH3 is 3. The summed E-state index contributed by atoms with van der Waals surface area (Å²) < 4.78 is 16.0. The van der Waals surface area contributed by atoms with Gasteiger partial charge in [-0.15, -0.1) is 0 Å². The Morgan fingerprint density at radius 2 is 1.77 bits per heavy atom. The molecule has 1 saturated carbocycles. The molecule has 30 heavy (non-hydrogen) atoms. The average Bonchev–Trinajstić information content (AvgIpc) is 3.63. The van der Waals surface area contributed by atoms with Gasteiger partial charge in [-0.3, -0.25) is 9.78 Å². The van der Waals surface area contributed by atoms with Crippen molar-refractivity contribution in [3.05, 3.63) is 59.3 Å². The normalized spacial score (nSPS) is 13.4.